The van der Waals surface area contributed by atoms with Crippen molar-refractivity contribution in [1.82, 2.24) is 4.90 Å². The number of nitrogens with zero attached hydrogens (tertiary/aromatic N) is 2. The fourth-order valence-corrected chi connectivity index (χ4v) is 5.03. The quantitative estimate of drug-likeness (QED) is 0.788. The Bertz CT molecular complexity index is 792. The maximum atomic E-state index is 12.4. The average molecular weight is 366 g/mol. The second-order valence-electron chi connectivity index (χ2n) is 6.53. The first kappa shape index (κ1) is 17.7. The third kappa shape index (κ3) is 3.63. The van der Waals surface area contributed by atoms with Gasteiger partial charge in [-0.05, 0) is 25.5 Å². The minimum Gasteiger partial charge on any atom is -0.479 e. The number of rotatable bonds is 4. The fourth-order valence-electron chi connectivity index (χ4n) is 3.26. The molecular weight excluding hydrogens is 344 g/mol. The van der Waals surface area contributed by atoms with Crippen LogP contribution in [0.2, 0.25) is 0 Å². The van der Waals surface area contributed by atoms with Crippen molar-refractivity contribution in [2.45, 2.75) is 31.9 Å². The Morgan fingerprint density at radius 3 is 2.76 bits per heavy atom. The van der Waals surface area contributed by atoms with Gasteiger partial charge in [-0.15, -0.1) is 0 Å². The largest absolute Gasteiger partial charge is 0.479 e. The summed E-state index contributed by atoms with van der Waals surface area (Å²) in [5.74, 6) is 0.426. The van der Waals surface area contributed by atoms with Gasteiger partial charge in [-0.1, -0.05) is 12.1 Å². The first-order chi connectivity index (χ1) is 11.8. The van der Waals surface area contributed by atoms with Crippen molar-refractivity contribution >= 4 is 27.3 Å². The Hall–Kier alpha value is -2.09. The molecule has 1 aromatic carbocycles. The number of benzene rings is 1. The summed E-state index contributed by atoms with van der Waals surface area (Å²) >= 11 is 0. The lowest BCUT2D eigenvalue weighted by Gasteiger charge is -2.33. The van der Waals surface area contributed by atoms with E-state index < -0.39 is 15.9 Å². The monoisotopic (exact) mass is 366 g/mol. The van der Waals surface area contributed by atoms with Gasteiger partial charge >= 0.3 is 0 Å². The predicted molar refractivity (Wildman–Crippen MR) is 93.3 cm³/mol. The average Bonchev–Trinajstić information content (AvgIpc) is 2.94. The van der Waals surface area contributed by atoms with Crippen LogP contribution in [0.1, 0.15) is 19.8 Å². The van der Waals surface area contributed by atoms with E-state index in [1.54, 1.807) is 31.0 Å². The molecule has 1 aromatic rings. The number of sulfone groups is 1. The van der Waals surface area contributed by atoms with Crippen molar-refractivity contribution in [2.75, 3.05) is 30.0 Å². The number of anilines is 1. The zero-order valence-electron chi connectivity index (χ0n) is 14.3. The van der Waals surface area contributed by atoms with Crippen LogP contribution in [0, 0.1) is 0 Å². The minimum absolute atomic E-state index is 0.0194. The topological polar surface area (TPSA) is 84.0 Å². The van der Waals surface area contributed by atoms with Crippen LogP contribution in [-0.4, -0.2) is 62.4 Å². The van der Waals surface area contributed by atoms with Crippen LogP contribution in [0.15, 0.2) is 24.3 Å². The van der Waals surface area contributed by atoms with E-state index in [9.17, 15) is 18.0 Å². The zero-order valence-corrected chi connectivity index (χ0v) is 15.2. The molecule has 0 aromatic heterocycles. The molecule has 3 rings (SSSR count). The van der Waals surface area contributed by atoms with Crippen molar-refractivity contribution < 1.29 is 22.7 Å². The maximum Gasteiger partial charge on any atom is 0.267 e. The molecule has 2 aliphatic heterocycles. The van der Waals surface area contributed by atoms with Gasteiger partial charge in [0.05, 0.1) is 17.2 Å². The van der Waals surface area contributed by atoms with Crippen LogP contribution in [0.3, 0.4) is 0 Å². The fraction of sp³-hybridized carbons (Fsp3) is 0.529. The molecule has 2 aliphatic rings. The van der Waals surface area contributed by atoms with Gasteiger partial charge in [-0.2, -0.15) is 0 Å². The molecule has 0 spiro atoms. The number of hydrogen-bond donors (Lipinski definition) is 0. The summed E-state index contributed by atoms with van der Waals surface area (Å²) in [6.45, 7) is 1.93. The molecule has 8 heteroatoms. The lowest BCUT2D eigenvalue weighted by atomic mass is 10.1. The molecule has 25 heavy (non-hydrogen) atoms. The lowest BCUT2D eigenvalue weighted by molar-refractivity contribution is -0.131. The van der Waals surface area contributed by atoms with Crippen molar-refractivity contribution in [3.63, 3.8) is 0 Å². The molecular formula is C17H22N2O5S. The second-order valence-corrected chi connectivity index (χ2v) is 8.76. The number of para-hydroxylation sites is 2. The summed E-state index contributed by atoms with van der Waals surface area (Å²) < 4.78 is 28.7. The SMILES string of the molecule is C[C@@H]1Oc2ccccc2N(CCC(=O)N(C)[C@@H]2CCS(=O)(=O)C2)C1=O. The Balaban J connectivity index is 1.66. The van der Waals surface area contributed by atoms with Crippen LogP contribution in [0.25, 0.3) is 0 Å². The molecule has 0 saturated carbocycles. The van der Waals surface area contributed by atoms with Crippen LogP contribution in [-0.2, 0) is 19.4 Å². The number of hydrogen-bond acceptors (Lipinski definition) is 5. The molecule has 136 valence electrons. The van der Waals surface area contributed by atoms with Gasteiger partial charge < -0.3 is 14.5 Å². The highest BCUT2D eigenvalue weighted by atomic mass is 32.2. The van der Waals surface area contributed by atoms with Crippen molar-refractivity contribution in [1.29, 1.82) is 0 Å². The third-order valence-corrected chi connectivity index (χ3v) is 6.52. The molecule has 0 N–H and O–H groups in total. The Labute approximate surface area is 147 Å². The van der Waals surface area contributed by atoms with Crippen LogP contribution < -0.4 is 9.64 Å². The van der Waals surface area contributed by atoms with Crippen molar-refractivity contribution in [3.05, 3.63) is 24.3 Å². The highest BCUT2D eigenvalue weighted by Crippen LogP contribution is 2.33. The lowest BCUT2D eigenvalue weighted by Crippen LogP contribution is -2.46. The van der Waals surface area contributed by atoms with Gasteiger partial charge in [-0.25, -0.2) is 8.42 Å². The molecule has 0 unspecified atom stereocenters. The van der Waals surface area contributed by atoms with Gasteiger partial charge in [0.15, 0.2) is 15.9 Å². The third-order valence-electron chi connectivity index (χ3n) is 4.77. The van der Waals surface area contributed by atoms with E-state index in [4.69, 9.17) is 4.74 Å². The number of fused-ring (bicyclic) bond motifs is 1. The summed E-state index contributed by atoms with van der Waals surface area (Å²) in [5.41, 5.74) is 0.657. The van der Waals surface area contributed by atoms with Gasteiger partial charge in [0.25, 0.3) is 5.91 Å². The highest BCUT2D eigenvalue weighted by molar-refractivity contribution is 7.91. The molecule has 7 nitrogen and oxygen atoms in total. The van der Waals surface area contributed by atoms with Gasteiger partial charge in [0, 0.05) is 26.1 Å². The first-order valence-corrected chi connectivity index (χ1v) is 10.1. The number of carbonyl (C=O) groups excluding carboxylic acids is 2. The summed E-state index contributed by atoms with van der Waals surface area (Å²) in [4.78, 5) is 27.9. The normalized spacial score (nSPS) is 24.6. The summed E-state index contributed by atoms with van der Waals surface area (Å²) in [5, 5.41) is 0. The molecule has 2 heterocycles. The van der Waals surface area contributed by atoms with Crippen molar-refractivity contribution in [3.8, 4) is 5.75 Å². The van der Waals surface area contributed by atoms with E-state index in [1.165, 1.54) is 4.90 Å². The van der Waals surface area contributed by atoms with Gasteiger partial charge in [-0.3, -0.25) is 9.59 Å². The van der Waals surface area contributed by atoms with Crippen LogP contribution in [0.4, 0.5) is 5.69 Å². The first-order valence-electron chi connectivity index (χ1n) is 8.31. The molecule has 0 aliphatic carbocycles. The van der Waals surface area contributed by atoms with E-state index in [1.807, 2.05) is 12.1 Å². The van der Waals surface area contributed by atoms with Crippen LogP contribution in [0.5, 0.6) is 5.75 Å². The van der Waals surface area contributed by atoms with E-state index in [0.717, 1.165) is 0 Å². The van der Waals surface area contributed by atoms with Crippen LogP contribution >= 0.6 is 0 Å². The Morgan fingerprint density at radius 2 is 2.08 bits per heavy atom. The van der Waals surface area contributed by atoms with E-state index in [-0.39, 0.29) is 42.3 Å². The number of amides is 2. The minimum atomic E-state index is -3.04. The summed E-state index contributed by atoms with van der Waals surface area (Å²) in [6.07, 6.45) is 0.0172. The summed E-state index contributed by atoms with van der Waals surface area (Å²) in [7, 11) is -1.41. The maximum absolute atomic E-state index is 12.4. The smallest absolute Gasteiger partial charge is 0.267 e. The zero-order chi connectivity index (χ0) is 18.2. The van der Waals surface area contributed by atoms with Gasteiger partial charge in [0.1, 0.15) is 5.75 Å². The van der Waals surface area contributed by atoms with Crippen molar-refractivity contribution in [2.24, 2.45) is 0 Å². The van der Waals surface area contributed by atoms with E-state index in [0.29, 0.717) is 17.9 Å². The Morgan fingerprint density at radius 1 is 1.36 bits per heavy atom. The Kier molecular flexibility index (Phi) is 4.73. The standard InChI is InChI=1S/C17H22N2O5S/c1-12-17(21)19(14-5-3-4-6-15(14)24-12)9-7-16(20)18(2)13-8-10-25(22,23)11-13/h3-6,12-13H,7-11H2,1-2H3/t12-,13+/m0/s1. The second kappa shape index (κ2) is 6.67. The molecule has 2 atom stereocenters. The molecule has 0 bridgehead atoms. The van der Waals surface area contributed by atoms with E-state index in [2.05, 4.69) is 0 Å². The molecule has 0 radical (unpaired) electrons. The van der Waals surface area contributed by atoms with E-state index >= 15 is 0 Å². The molecule has 2 amide bonds. The number of carbonyl (C=O) groups is 2. The van der Waals surface area contributed by atoms with Gasteiger partial charge in [0.2, 0.25) is 5.91 Å². The number of ether oxygens (including phenoxy) is 1. The predicted octanol–water partition coefficient (Wildman–Crippen LogP) is 0.836. The molecule has 1 saturated heterocycles. The highest BCUT2D eigenvalue weighted by Gasteiger charge is 2.34. The molecule has 1 fully saturated rings. The summed E-state index contributed by atoms with van der Waals surface area (Å²) in [6, 6.07) is 6.96.